The van der Waals surface area contributed by atoms with Crippen molar-refractivity contribution in [2.24, 2.45) is 0 Å². The Labute approximate surface area is 186 Å². The van der Waals surface area contributed by atoms with Crippen LogP contribution < -0.4 is 4.90 Å². The van der Waals surface area contributed by atoms with Crippen LogP contribution >= 0.6 is 11.3 Å². The average molecular weight is 429 g/mol. The van der Waals surface area contributed by atoms with Gasteiger partial charge in [-0.05, 0) is 24.1 Å². The minimum atomic E-state index is -0.278. The van der Waals surface area contributed by atoms with E-state index in [9.17, 15) is 4.79 Å². The molecule has 0 unspecified atom stereocenters. The largest absolute Gasteiger partial charge is 0.352 e. The first-order chi connectivity index (χ1) is 15.2. The zero-order chi connectivity index (χ0) is 21.2. The van der Waals surface area contributed by atoms with Crippen molar-refractivity contribution in [1.82, 2.24) is 14.9 Å². The highest BCUT2D eigenvalue weighted by molar-refractivity contribution is 7.18. The highest BCUT2D eigenvalue weighted by atomic mass is 32.1. The normalized spacial score (nSPS) is 14.4. The third kappa shape index (κ3) is 3.91. The molecule has 4 aromatic rings. The highest BCUT2D eigenvalue weighted by Gasteiger charge is 2.30. The Morgan fingerprint density at radius 1 is 0.903 bits per heavy atom. The summed E-state index contributed by atoms with van der Waals surface area (Å²) in [4.78, 5) is 29.1. The topological polar surface area (TPSA) is 49.3 Å². The summed E-state index contributed by atoms with van der Waals surface area (Å²) in [6.45, 7) is 5.00. The van der Waals surface area contributed by atoms with Crippen molar-refractivity contribution in [3.05, 3.63) is 89.1 Å². The van der Waals surface area contributed by atoms with E-state index in [1.807, 2.05) is 65.6 Å². The maximum absolute atomic E-state index is 13.6. The molecule has 0 aliphatic carbocycles. The molecular formula is C25H24N4OS. The van der Waals surface area contributed by atoms with Gasteiger partial charge in [-0.15, -0.1) is 11.3 Å². The minimum Gasteiger partial charge on any atom is -0.352 e. The van der Waals surface area contributed by atoms with Crippen LogP contribution in [0.2, 0.25) is 0 Å². The summed E-state index contributed by atoms with van der Waals surface area (Å²) in [5.74, 6) is 0.861. The Morgan fingerprint density at radius 2 is 1.52 bits per heavy atom. The van der Waals surface area contributed by atoms with E-state index in [2.05, 4.69) is 27.9 Å². The van der Waals surface area contributed by atoms with Gasteiger partial charge in [0.2, 0.25) is 5.91 Å². The third-order valence-electron chi connectivity index (χ3n) is 5.84. The van der Waals surface area contributed by atoms with Crippen LogP contribution in [-0.2, 0) is 4.79 Å². The van der Waals surface area contributed by atoms with Crippen LogP contribution in [0.5, 0.6) is 0 Å². The Balaban J connectivity index is 1.37. The number of fused-ring (bicyclic) bond motifs is 1. The number of hydrogen-bond acceptors (Lipinski definition) is 5. The number of benzene rings is 2. The van der Waals surface area contributed by atoms with Crippen LogP contribution in [0.4, 0.5) is 5.82 Å². The van der Waals surface area contributed by atoms with Gasteiger partial charge in [-0.25, -0.2) is 9.97 Å². The quantitative estimate of drug-likeness (QED) is 0.481. The number of anilines is 1. The van der Waals surface area contributed by atoms with Crippen molar-refractivity contribution >= 4 is 33.3 Å². The molecule has 1 aliphatic heterocycles. The summed E-state index contributed by atoms with van der Waals surface area (Å²) in [6, 6.07) is 22.3. The summed E-state index contributed by atoms with van der Waals surface area (Å²) in [5, 5.41) is 1.11. The number of piperazine rings is 1. The van der Waals surface area contributed by atoms with Gasteiger partial charge in [-0.2, -0.15) is 0 Å². The van der Waals surface area contributed by atoms with Crippen molar-refractivity contribution < 1.29 is 4.79 Å². The van der Waals surface area contributed by atoms with Crippen LogP contribution in [0.15, 0.2) is 73.1 Å². The molecular weight excluding hydrogens is 404 g/mol. The SMILES string of the molecule is Cc1cc2c(N3CCN(C(=O)C(c4ccccc4)c4ccccc4)CC3)ncnc2s1. The van der Waals surface area contributed by atoms with E-state index in [-0.39, 0.29) is 11.8 Å². The number of carbonyl (C=O) groups is 1. The first kappa shape index (κ1) is 19.7. The van der Waals surface area contributed by atoms with Gasteiger partial charge < -0.3 is 9.80 Å². The smallest absolute Gasteiger partial charge is 0.234 e. The molecule has 1 fully saturated rings. The lowest BCUT2D eigenvalue weighted by Gasteiger charge is -2.37. The van der Waals surface area contributed by atoms with Gasteiger partial charge in [0, 0.05) is 31.1 Å². The molecule has 0 radical (unpaired) electrons. The summed E-state index contributed by atoms with van der Waals surface area (Å²) in [6.07, 6.45) is 1.64. The number of rotatable bonds is 4. The van der Waals surface area contributed by atoms with E-state index < -0.39 is 0 Å². The highest BCUT2D eigenvalue weighted by Crippen LogP contribution is 2.31. The van der Waals surface area contributed by atoms with Crippen LogP contribution in [-0.4, -0.2) is 47.0 Å². The molecule has 156 valence electrons. The first-order valence-corrected chi connectivity index (χ1v) is 11.4. The lowest BCUT2D eigenvalue weighted by Crippen LogP contribution is -2.50. The Hall–Kier alpha value is -3.25. The van der Waals surface area contributed by atoms with Crippen molar-refractivity contribution in [2.45, 2.75) is 12.8 Å². The number of aromatic nitrogens is 2. The third-order valence-corrected chi connectivity index (χ3v) is 6.79. The number of nitrogens with zero attached hydrogens (tertiary/aromatic N) is 4. The van der Waals surface area contributed by atoms with E-state index in [4.69, 9.17) is 0 Å². The molecule has 31 heavy (non-hydrogen) atoms. The van der Waals surface area contributed by atoms with Crippen molar-refractivity contribution in [3.8, 4) is 0 Å². The van der Waals surface area contributed by atoms with Crippen molar-refractivity contribution in [2.75, 3.05) is 31.1 Å². The molecule has 5 nitrogen and oxygen atoms in total. The number of amides is 1. The standard InChI is InChI=1S/C25H24N4OS/c1-18-16-21-23(26-17-27-24(21)31-18)28-12-14-29(15-13-28)25(30)22(19-8-4-2-5-9-19)20-10-6-3-7-11-20/h2-11,16-17,22H,12-15H2,1H3. The Morgan fingerprint density at radius 3 is 2.13 bits per heavy atom. The Kier molecular flexibility index (Phi) is 5.38. The maximum atomic E-state index is 13.6. The van der Waals surface area contributed by atoms with Crippen LogP contribution in [0.25, 0.3) is 10.2 Å². The average Bonchev–Trinajstić information content (AvgIpc) is 3.21. The van der Waals surface area contributed by atoms with E-state index in [0.29, 0.717) is 13.1 Å². The first-order valence-electron chi connectivity index (χ1n) is 10.6. The molecule has 0 spiro atoms. The minimum absolute atomic E-state index is 0.163. The molecule has 2 aromatic heterocycles. The van der Waals surface area contributed by atoms with Gasteiger partial charge >= 0.3 is 0 Å². The molecule has 6 heteroatoms. The molecule has 0 saturated carbocycles. The maximum Gasteiger partial charge on any atom is 0.234 e. The fraction of sp³-hybridized carbons (Fsp3) is 0.240. The van der Waals surface area contributed by atoms with E-state index >= 15 is 0 Å². The zero-order valence-electron chi connectivity index (χ0n) is 17.4. The number of hydrogen-bond donors (Lipinski definition) is 0. The molecule has 1 amide bonds. The number of aryl methyl sites for hydroxylation is 1. The number of carbonyl (C=O) groups excluding carboxylic acids is 1. The van der Waals surface area contributed by atoms with E-state index in [0.717, 1.165) is 40.3 Å². The second-order valence-corrected chi connectivity index (χ2v) is 9.07. The predicted octanol–water partition coefficient (Wildman–Crippen LogP) is 4.48. The van der Waals surface area contributed by atoms with E-state index in [1.165, 1.54) is 4.88 Å². The van der Waals surface area contributed by atoms with Gasteiger partial charge in [-0.3, -0.25) is 4.79 Å². The molecule has 5 rings (SSSR count). The summed E-state index contributed by atoms with van der Waals surface area (Å²) < 4.78 is 0. The van der Waals surface area contributed by atoms with Gasteiger partial charge in [0.25, 0.3) is 0 Å². The molecule has 0 bridgehead atoms. The molecule has 0 N–H and O–H groups in total. The molecule has 3 heterocycles. The van der Waals surface area contributed by atoms with Gasteiger partial charge in [0.1, 0.15) is 17.0 Å². The second kappa shape index (κ2) is 8.47. The lowest BCUT2D eigenvalue weighted by molar-refractivity contribution is -0.132. The van der Waals surface area contributed by atoms with Crippen molar-refractivity contribution in [3.63, 3.8) is 0 Å². The van der Waals surface area contributed by atoms with Crippen molar-refractivity contribution in [1.29, 1.82) is 0 Å². The predicted molar refractivity (Wildman–Crippen MR) is 126 cm³/mol. The summed E-state index contributed by atoms with van der Waals surface area (Å²) >= 11 is 1.69. The van der Waals surface area contributed by atoms with Gasteiger partial charge in [-0.1, -0.05) is 60.7 Å². The second-order valence-electron chi connectivity index (χ2n) is 7.84. The fourth-order valence-electron chi connectivity index (χ4n) is 4.31. The molecule has 1 saturated heterocycles. The Bertz CT molecular complexity index is 1140. The molecule has 1 aliphatic rings. The molecule has 0 atom stereocenters. The van der Waals surface area contributed by atoms with Crippen LogP contribution in [0.3, 0.4) is 0 Å². The van der Waals surface area contributed by atoms with Gasteiger partial charge in [0.05, 0.1) is 11.3 Å². The summed E-state index contributed by atoms with van der Waals surface area (Å²) in [5.41, 5.74) is 2.07. The number of thiophene rings is 1. The molecule has 2 aromatic carbocycles. The monoisotopic (exact) mass is 428 g/mol. The van der Waals surface area contributed by atoms with E-state index in [1.54, 1.807) is 17.7 Å². The van der Waals surface area contributed by atoms with Crippen LogP contribution in [0, 0.1) is 6.92 Å². The summed E-state index contributed by atoms with van der Waals surface area (Å²) in [7, 11) is 0. The lowest BCUT2D eigenvalue weighted by atomic mass is 9.90. The fourth-order valence-corrected chi connectivity index (χ4v) is 5.15. The zero-order valence-corrected chi connectivity index (χ0v) is 18.3. The van der Waals surface area contributed by atoms with Gasteiger partial charge in [0.15, 0.2) is 0 Å². The van der Waals surface area contributed by atoms with Crippen LogP contribution in [0.1, 0.15) is 21.9 Å².